The Morgan fingerprint density at radius 2 is 2.00 bits per heavy atom. The molecule has 82 valence electrons. The standard InChI is InChI=1S/C13H19NO/c15-12-6-7-13-10(9-12)4-5-11-3-1-2-8-14(11)13/h11H,1-9H2. The number of carbonyl (C=O) groups is 1. The van der Waals surface area contributed by atoms with Crippen molar-refractivity contribution in [1.82, 2.24) is 4.90 Å². The second-order valence-electron chi connectivity index (χ2n) is 5.15. The zero-order valence-electron chi connectivity index (χ0n) is 9.30. The molecule has 0 aromatic heterocycles. The van der Waals surface area contributed by atoms with Crippen LogP contribution in [0.1, 0.15) is 51.4 Å². The first-order chi connectivity index (χ1) is 7.34. The number of hydrogen-bond donors (Lipinski definition) is 0. The quantitative estimate of drug-likeness (QED) is 0.606. The monoisotopic (exact) mass is 205 g/mol. The van der Waals surface area contributed by atoms with Crippen LogP contribution in [0.5, 0.6) is 0 Å². The van der Waals surface area contributed by atoms with Crippen molar-refractivity contribution in [2.45, 2.75) is 57.4 Å². The molecule has 1 fully saturated rings. The van der Waals surface area contributed by atoms with Gasteiger partial charge in [-0.3, -0.25) is 4.79 Å². The molecule has 2 nitrogen and oxygen atoms in total. The average molecular weight is 205 g/mol. The van der Waals surface area contributed by atoms with Gasteiger partial charge in [-0.15, -0.1) is 0 Å². The molecule has 1 saturated heterocycles. The number of allylic oxidation sites excluding steroid dienone is 2. The lowest BCUT2D eigenvalue weighted by Gasteiger charge is -2.45. The first-order valence-electron chi connectivity index (χ1n) is 6.34. The fourth-order valence-corrected chi connectivity index (χ4v) is 3.44. The van der Waals surface area contributed by atoms with Crippen molar-refractivity contribution in [2.24, 2.45) is 0 Å². The number of rotatable bonds is 0. The summed E-state index contributed by atoms with van der Waals surface area (Å²) in [6.07, 6.45) is 9.22. The maximum absolute atomic E-state index is 11.4. The van der Waals surface area contributed by atoms with Gasteiger partial charge >= 0.3 is 0 Å². The van der Waals surface area contributed by atoms with Gasteiger partial charge in [-0.05, 0) is 44.1 Å². The van der Waals surface area contributed by atoms with Crippen LogP contribution in [0.15, 0.2) is 11.3 Å². The van der Waals surface area contributed by atoms with Gasteiger partial charge in [-0.2, -0.15) is 0 Å². The van der Waals surface area contributed by atoms with Crippen LogP contribution in [0.4, 0.5) is 0 Å². The van der Waals surface area contributed by atoms with Crippen LogP contribution in [-0.4, -0.2) is 23.3 Å². The average Bonchev–Trinajstić information content (AvgIpc) is 2.28. The molecule has 0 radical (unpaired) electrons. The van der Waals surface area contributed by atoms with E-state index >= 15 is 0 Å². The molecule has 0 bridgehead atoms. The number of nitrogens with zero attached hydrogens (tertiary/aromatic N) is 1. The zero-order valence-corrected chi connectivity index (χ0v) is 9.30. The van der Waals surface area contributed by atoms with Crippen LogP contribution in [0.25, 0.3) is 0 Å². The van der Waals surface area contributed by atoms with Gasteiger partial charge in [0.1, 0.15) is 5.78 Å². The van der Waals surface area contributed by atoms with Gasteiger partial charge in [0.2, 0.25) is 0 Å². The number of fused-ring (bicyclic) bond motifs is 2. The van der Waals surface area contributed by atoms with Crippen molar-refractivity contribution in [3.05, 3.63) is 11.3 Å². The molecule has 2 heteroatoms. The van der Waals surface area contributed by atoms with Gasteiger partial charge in [0.25, 0.3) is 0 Å². The summed E-state index contributed by atoms with van der Waals surface area (Å²) in [4.78, 5) is 14.1. The zero-order chi connectivity index (χ0) is 10.3. The predicted octanol–water partition coefficient (Wildman–Crippen LogP) is 2.64. The molecule has 0 spiro atoms. The Balaban J connectivity index is 1.88. The third kappa shape index (κ3) is 1.60. The molecular weight excluding hydrogens is 186 g/mol. The Morgan fingerprint density at radius 1 is 1.07 bits per heavy atom. The fourth-order valence-electron chi connectivity index (χ4n) is 3.44. The van der Waals surface area contributed by atoms with Crippen LogP contribution >= 0.6 is 0 Å². The summed E-state index contributed by atoms with van der Waals surface area (Å²) in [6, 6.07) is 0.811. The van der Waals surface area contributed by atoms with E-state index in [2.05, 4.69) is 4.90 Å². The molecule has 2 aliphatic heterocycles. The molecule has 0 saturated carbocycles. The van der Waals surface area contributed by atoms with Crippen LogP contribution in [0.3, 0.4) is 0 Å². The van der Waals surface area contributed by atoms with E-state index in [1.54, 1.807) is 5.70 Å². The molecule has 1 aliphatic carbocycles. The summed E-state index contributed by atoms with van der Waals surface area (Å²) >= 11 is 0. The third-order valence-corrected chi connectivity index (χ3v) is 4.21. The minimum Gasteiger partial charge on any atom is -0.372 e. The van der Waals surface area contributed by atoms with E-state index in [1.165, 1.54) is 44.2 Å². The summed E-state index contributed by atoms with van der Waals surface area (Å²) in [5, 5.41) is 0. The highest BCUT2D eigenvalue weighted by Crippen LogP contribution is 2.38. The summed E-state index contributed by atoms with van der Waals surface area (Å²) in [5.74, 6) is 0.462. The van der Waals surface area contributed by atoms with E-state index in [1.807, 2.05) is 0 Å². The fraction of sp³-hybridized carbons (Fsp3) is 0.769. The Morgan fingerprint density at radius 3 is 2.93 bits per heavy atom. The van der Waals surface area contributed by atoms with Crippen molar-refractivity contribution < 1.29 is 4.79 Å². The lowest BCUT2D eigenvalue weighted by atomic mass is 9.83. The minimum absolute atomic E-state index is 0.462. The summed E-state index contributed by atoms with van der Waals surface area (Å²) in [5.41, 5.74) is 3.04. The van der Waals surface area contributed by atoms with Crippen molar-refractivity contribution in [1.29, 1.82) is 0 Å². The Kier molecular flexibility index (Phi) is 2.30. The lowest BCUT2D eigenvalue weighted by Crippen LogP contribution is -2.43. The van der Waals surface area contributed by atoms with Crippen molar-refractivity contribution in [3.63, 3.8) is 0 Å². The maximum atomic E-state index is 11.4. The smallest absolute Gasteiger partial charge is 0.137 e. The van der Waals surface area contributed by atoms with E-state index < -0.39 is 0 Å². The molecule has 2 heterocycles. The first kappa shape index (κ1) is 9.44. The van der Waals surface area contributed by atoms with E-state index in [0.29, 0.717) is 5.78 Å². The van der Waals surface area contributed by atoms with E-state index in [9.17, 15) is 4.79 Å². The molecule has 15 heavy (non-hydrogen) atoms. The highest BCUT2D eigenvalue weighted by molar-refractivity contribution is 5.82. The predicted molar refractivity (Wildman–Crippen MR) is 59.5 cm³/mol. The summed E-state index contributed by atoms with van der Waals surface area (Å²) < 4.78 is 0. The SMILES string of the molecule is O=C1CCC2=C(CCC3CCCCN23)C1. The molecule has 3 aliphatic rings. The Labute approximate surface area is 91.3 Å². The normalized spacial score (nSPS) is 31.3. The molecule has 0 N–H and O–H groups in total. The number of hydrogen-bond acceptors (Lipinski definition) is 2. The van der Waals surface area contributed by atoms with Gasteiger partial charge in [0.05, 0.1) is 0 Å². The number of Topliss-reactive ketones (excluding diaryl/α,β-unsaturated/α-hetero) is 1. The van der Waals surface area contributed by atoms with Gasteiger partial charge in [-0.25, -0.2) is 0 Å². The Hall–Kier alpha value is -0.790. The van der Waals surface area contributed by atoms with Crippen LogP contribution < -0.4 is 0 Å². The molecule has 1 atom stereocenters. The largest absolute Gasteiger partial charge is 0.372 e. The molecule has 1 unspecified atom stereocenters. The van der Waals surface area contributed by atoms with Gasteiger partial charge in [0.15, 0.2) is 0 Å². The van der Waals surface area contributed by atoms with Crippen molar-refractivity contribution in [3.8, 4) is 0 Å². The minimum atomic E-state index is 0.462. The second-order valence-corrected chi connectivity index (χ2v) is 5.15. The maximum Gasteiger partial charge on any atom is 0.137 e. The molecule has 3 rings (SSSR count). The second kappa shape index (κ2) is 3.66. The van der Waals surface area contributed by atoms with Crippen molar-refractivity contribution in [2.75, 3.05) is 6.54 Å². The van der Waals surface area contributed by atoms with E-state index in [4.69, 9.17) is 0 Å². The van der Waals surface area contributed by atoms with E-state index in [0.717, 1.165) is 25.3 Å². The van der Waals surface area contributed by atoms with Crippen LogP contribution in [0, 0.1) is 0 Å². The highest BCUT2D eigenvalue weighted by atomic mass is 16.1. The number of ketones is 1. The molecule has 0 amide bonds. The van der Waals surface area contributed by atoms with Gasteiger partial charge in [-0.1, -0.05) is 0 Å². The lowest BCUT2D eigenvalue weighted by molar-refractivity contribution is -0.119. The van der Waals surface area contributed by atoms with Crippen LogP contribution in [-0.2, 0) is 4.79 Å². The first-order valence-corrected chi connectivity index (χ1v) is 6.34. The molecule has 0 aromatic rings. The Bertz CT molecular complexity index is 318. The van der Waals surface area contributed by atoms with Crippen molar-refractivity contribution >= 4 is 5.78 Å². The number of carbonyl (C=O) groups excluding carboxylic acids is 1. The highest BCUT2D eigenvalue weighted by Gasteiger charge is 2.32. The third-order valence-electron chi connectivity index (χ3n) is 4.21. The molecular formula is C13H19NO. The summed E-state index contributed by atoms with van der Waals surface area (Å²) in [7, 11) is 0. The topological polar surface area (TPSA) is 20.3 Å². The summed E-state index contributed by atoms with van der Waals surface area (Å²) in [6.45, 7) is 1.25. The molecule has 0 aromatic carbocycles. The van der Waals surface area contributed by atoms with E-state index in [-0.39, 0.29) is 0 Å². The van der Waals surface area contributed by atoms with Crippen LogP contribution in [0.2, 0.25) is 0 Å². The van der Waals surface area contributed by atoms with Gasteiger partial charge in [0, 0.05) is 31.1 Å². The van der Waals surface area contributed by atoms with Gasteiger partial charge < -0.3 is 4.90 Å². The number of piperidine rings is 1.